The Morgan fingerprint density at radius 2 is 2.70 bits per heavy atom. The molecular formula is C9H12O. The zero-order chi connectivity index (χ0) is 17.7. The SMILES string of the molecule is [2H]Oc1c([2H])c([2H])c([2H])c(C([2H])(C([2H])([2H])[2H])C([2H])([2H])[2H])c1[2H]. The van der Waals surface area contributed by atoms with E-state index < -0.39 is 55.1 Å². The topological polar surface area (TPSA) is 20.2 Å². The van der Waals surface area contributed by atoms with E-state index in [1.807, 2.05) is 0 Å². The molecule has 0 unspecified atom stereocenters. The van der Waals surface area contributed by atoms with Gasteiger partial charge in [-0.3, -0.25) is 0 Å². The van der Waals surface area contributed by atoms with E-state index in [0.717, 1.165) is 0 Å². The van der Waals surface area contributed by atoms with Gasteiger partial charge >= 0.3 is 0 Å². The maximum absolute atomic E-state index is 7.96. The van der Waals surface area contributed by atoms with Crippen molar-refractivity contribution in [2.45, 2.75) is 19.6 Å². The highest BCUT2D eigenvalue weighted by molar-refractivity contribution is 5.28. The molecular weight excluding hydrogens is 124 g/mol. The van der Waals surface area contributed by atoms with E-state index in [2.05, 4.69) is 5.11 Å². The van der Waals surface area contributed by atoms with Crippen LogP contribution in [0.3, 0.4) is 0 Å². The molecule has 0 atom stereocenters. The van der Waals surface area contributed by atoms with Crippen molar-refractivity contribution in [2.75, 3.05) is 0 Å². The largest absolute Gasteiger partial charge is 0.508 e. The van der Waals surface area contributed by atoms with Crippen molar-refractivity contribution in [3.05, 3.63) is 29.7 Å². The molecule has 1 N–H and O–H groups in total. The molecule has 1 aromatic rings. The van der Waals surface area contributed by atoms with Crippen molar-refractivity contribution in [2.24, 2.45) is 0 Å². The molecule has 1 heteroatoms. The van der Waals surface area contributed by atoms with Crippen molar-refractivity contribution in [3.8, 4) is 5.75 Å². The van der Waals surface area contributed by atoms with Gasteiger partial charge in [-0.15, -0.1) is 0 Å². The normalized spacial score (nSPS) is 30.8. The average Bonchev–Trinajstić information content (AvgIpc) is 2.34. The summed E-state index contributed by atoms with van der Waals surface area (Å²) < 4.78 is 89.3. The molecule has 0 amide bonds. The van der Waals surface area contributed by atoms with Crippen LogP contribution < -0.4 is 0 Å². The number of benzene rings is 1. The first kappa shape index (κ1) is 1.31. The Hall–Kier alpha value is -0.980. The van der Waals surface area contributed by atoms with Crippen LogP contribution in [-0.2, 0) is 0 Å². The van der Waals surface area contributed by atoms with Crippen LogP contribution in [0.4, 0.5) is 0 Å². The van der Waals surface area contributed by atoms with E-state index in [9.17, 15) is 0 Å². The highest BCUT2D eigenvalue weighted by Crippen LogP contribution is 2.18. The Balaban J connectivity index is 3.99. The Bertz CT molecular complexity index is 572. The smallest absolute Gasteiger partial charge is 0.293 e. The quantitative estimate of drug-likeness (QED) is 0.683. The molecule has 0 saturated heterocycles. The number of phenolic OH excluding ortho intramolecular Hbond substituents is 1. The molecule has 0 heterocycles. The molecule has 0 radical (unpaired) electrons. The van der Waals surface area contributed by atoms with Crippen molar-refractivity contribution >= 4 is 0 Å². The molecule has 1 aromatic carbocycles. The maximum Gasteiger partial charge on any atom is 0.293 e. The fraction of sp³-hybridized carbons (Fsp3) is 0.333. The van der Waals surface area contributed by atoms with E-state index >= 15 is 0 Å². The molecule has 10 heavy (non-hydrogen) atoms. The van der Waals surface area contributed by atoms with Gasteiger partial charge in [-0.05, 0) is 23.5 Å². The maximum atomic E-state index is 7.96. The zero-order valence-electron chi connectivity index (χ0n) is 16.9. The second kappa shape index (κ2) is 2.74. The van der Waals surface area contributed by atoms with E-state index in [-0.39, 0.29) is 0 Å². The molecule has 1 rings (SSSR count). The lowest BCUT2D eigenvalue weighted by Crippen LogP contribution is -1.84. The van der Waals surface area contributed by atoms with E-state index in [1.165, 1.54) is 0 Å². The monoisotopic (exact) mass is 148 g/mol. The van der Waals surface area contributed by atoms with Gasteiger partial charge in [-0.25, -0.2) is 0 Å². The van der Waals surface area contributed by atoms with Gasteiger partial charge in [0.25, 0.3) is 1.43 Å². The Kier molecular flexibility index (Phi) is 0.359. The fourth-order valence-electron chi connectivity index (χ4n) is 0.452. The van der Waals surface area contributed by atoms with Crippen LogP contribution in [0.15, 0.2) is 24.2 Å². The summed E-state index contributed by atoms with van der Waals surface area (Å²) >= 11 is 0. The predicted molar refractivity (Wildman–Crippen MR) is 42.2 cm³/mol. The molecule has 0 saturated carbocycles. The summed E-state index contributed by atoms with van der Waals surface area (Å²) in [6.07, 6.45) is 0. The van der Waals surface area contributed by atoms with Crippen molar-refractivity contribution in [1.82, 2.24) is 0 Å². The Labute approximate surface area is 78.3 Å². The first-order valence-corrected chi connectivity index (χ1v) is 2.45. The lowest BCUT2D eigenvalue weighted by atomic mass is 10.0. The number of hydrogen-bond acceptors (Lipinski definition) is 1. The number of hydrogen-bond donors (Lipinski definition) is 1. The van der Waals surface area contributed by atoms with Gasteiger partial charge in [0.1, 0.15) is 5.75 Å². The van der Waals surface area contributed by atoms with Crippen LogP contribution in [0, 0.1) is 0 Å². The second-order valence-electron chi connectivity index (χ2n) is 1.58. The minimum atomic E-state index is -3.45. The number of rotatable bonds is 2. The molecule has 0 aliphatic rings. The first-order chi connectivity index (χ1) is 9.71. The van der Waals surface area contributed by atoms with Gasteiger partial charge in [0, 0.05) is 9.60 Å². The third-order valence-electron chi connectivity index (χ3n) is 0.852. The number of phenols is 1. The van der Waals surface area contributed by atoms with Crippen LogP contribution in [-0.4, -0.2) is 6.54 Å². The lowest BCUT2D eigenvalue weighted by molar-refractivity contribution is 0.474. The highest BCUT2D eigenvalue weighted by Gasteiger charge is 1.97. The molecule has 0 spiro atoms. The Morgan fingerprint density at radius 3 is 3.40 bits per heavy atom. The van der Waals surface area contributed by atoms with Crippen LogP contribution >= 0.6 is 0 Å². The fourth-order valence-corrected chi connectivity index (χ4v) is 0.452. The number of aromatic hydroxyl groups is 1. The molecule has 0 bridgehead atoms. The minimum absolute atomic E-state index is 0.827. The van der Waals surface area contributed by atoms with Crippen LogP contribution in [0.25, 0.3) is 0 Å². The van der Waals surface area contributed by atoms with Gasteiger partial charge in [-0.1, -0.05) is 25.8 Å². The predicted octanol–water partition coefficient (Wildman–Crippen LogP) is 2.52. The molecule has 54 valence electrons. The van der Waals surface area contributed by atoms with Crippen molar-refractivity contribution in [1.29, 1.82) is 1.43 Å². The third-order valence-corrected chi connectivity index (χ3v) is 0.852. The van der Waals surface area contributed by atoms with E-state index in [1.54, 1.807) is 0 Å². The summed E-state index contributed by atoms with van der Waals surface area (Å²) in [6, 6.07) is -3.81. The summed E-state index contributed by atoms with van der Waals surface area (Å²) in [5.41, 5.74) is -1.09. The molecule has 1 nitrogen and oxygen atoms in total. The second-order valence-corrected chi connectivity index (χ2v) is 1.58. The van der Waals surface area contributed by atoms with Gasteiger partial charge in [0.2, 0.25) is 0 Å². The summed E-state index contributed by atoms with van der Waals surface area (Å²) in [5, 5.41) is 3.99. The van der Waals surface area contributed by atoms with Crippen LogP contribution in [0.2, 0.25) is 0 Å². The zero-order valence-corrected chi connectivity index (χ0v) is 4.91. The standard InChI is InChI=1S/C9H12O/c1-7(2)8-4-3-5-9(10)6-8/h3-7,10H,1-2H3/i1D3,2D3,3D,4D,5D,6D,7D/hD. The summed E-state index contributed by atoms with van der Waals surface area (Å²) in [4.78, 5) is 0. The minimum Gasteiger partial charge on any atom is -0.508 e. The van der Waals surface area contributed by atoms with Gasteiger partial charge in [0.05, 0.1) is 5.48 Å². The van der Waals surface area contributed by atoms with Gasteiger partial charge in [-0.2, -0.15) is 0 Å². The summed E-state index contributed by atoms with van der Waals surface area (Å²) in [6.45, 7) is -6.89. The van der Waals surface area contributed by atoms with Crippen molar-refractivity contribution < 1.29 is 20.2 Å². The molecule has 0 aliphatic carbocycles. The Morgan fingerprint density at radius 1 is 1.80 bits per heavy atom. The van der Waals surface area contributed by atoms with Crippen LogP contribution in [0.5, 0.6) is 5.75 Å². The lowest BCUT2D eigenvalue weighted by Gasteiger charge is -2.03. The van der Waals surface area contributed by atoms with Crippen LogP contribution in [0.1, 0.15) is 40.2 Å². The first-order valence-electron chi connectivity index (χ1n) is 8.36. The highest BCUT2D eigenvalue weighted by atomic mass is 16.3. The molecule has 0 fully saturated rings. The molecule has 0 aliphatic heterocycles. The van der Waals surface area contributed by atoms with Crippen molar-refractivity contribution in [3.63, 3.8) is 0 Å². The summed E-state index contributed by atoms with van der Waals surface area (Å²) in [7, 11) is 0. The van der Waals surface area contributed by atoms with E-state index in [0.29, 0.717) is 0 Å². The third kappa shape index (κ3) is 1.50. The average molecular weight is 148 g/mol. The molecule has 0 aromatic heterocycles. The van der Waals surface area contributed by atoms with E-state index in [4.69, 9.17) is 16.5 Å². The summed E-state index contributed by atoms with van der Waals surface area (Å²) in [5.74, 6) is -4.24. The van der Waals surface area contributed by atoms with Gasteiger partial charge in [0.15, 0.2) is 0 Å². The van der Waals surface area contributed by atoms with Gasteiger partial charge < -0.3 is 5.11 Å².